The normalized spacial score (nSPS) is 36.1. The molecule has 3 atom stereocenters. The molecule has 0 aromatic rings. The summed E-state index contributed by atoms with van der Waals surface area (Å²) in [6, 6.07) is 0. The van der Waals surface area contributed by atoms with E-state index in [-0.39, 0.29) is 11.7 Å². The number of carboxylic acid groups (broad SMARTS) is 1. The van der Waals surface area contributed by atoms with E-state index in [0.29, 0.717) is 29.6 Å². The van der Waals surface area contributed by atoms with E-state index in [1.807, 2.05) is 6.92 Å². The van der Waals surface area contributed by atoms with Gasteiger partial charge in [-0.2, -0.15) is 0 Å². The lowest BCUT2D eigenvalue weighted by Crippen LogP contribution is -2.42. The molecule has 0 aliphatic heterocycles. The number of aliphatic carboxylic acids is 1. The molecular formula is C17H22O4. The third-order valence-electron chi connectivity index (χ3n) is 5.07. The summed E-state index contributed by atoms with van der Waals surface area (Å²) in [6.45, 7) is 7.18. The first kappa shape index (κ1) is 15.7. The highest BCUT2D eigenvalue weighted by molar-refractivity contribution is 5.97. The van der Waals surface area contributed by atoms with Crippen LogP contribution in [0, 0.1) is 11.3 Å². The Morgan fingerprint density at radius 3 is 2.67 bits per heavy atom. The Hall–Kier alpha value is -1.68. The van der Waals surface area contributed by atoms with Crippen LogP contribution in [0.1, 0.15) is 40.5 Å². The van der Waals surface area contributed by atoms with Crippen LogP contribution in [0.25, 0.3) is 0 Å². The topological polar surface area (TPSA) is 74.6 Å². The highest BCUT2D eigenvalue weighted by atomic mass is 16.4. The van der Waals surface area contributed by atoms with Gasteiger partial charge in [0.2, 0.25) is 0 Å². The Labute approximate surface area is 124 Å². The van der Waals surface area contributed by atoms with Crippen LogP contribution < -0.4 is 0 Å². The SMILES string of the molecule is CCC(C(=O)O)=C(C)C=CC1(O)C(C)=CC(=O)C2CC21C. The molecule has 1 fully saturated rings. The molecule has 2 rings (SSSR count). The molecule has 0 spiro atoms. The van der Waals surface area contributed by atoms with E-state index in [1.54, 1.807) is 32.9 Å². The predicted molar refractivity (Wildman–Crippen MR) is 79.7 cm³/mol. The molecule has 0 bridgehead atoms. The third kappa shape index (κ3) is 2.27. The van der Waals surface area contributed by atoms with Crippen molar-refractivity contribution < 1.29 is 19.8 Å². The third-order valence-corrected chi connectivity index (χ3v) is 5.07. The fraction of sp³-hybridized carbons (Fsp3) is 0.529. The van der Waals surface area contributed by atoms with E-state index in [9.17, 15) is 14.7 Å². The molecule has 0 amide bonds. The molecule has 21 heavy (non-hydrogen) atoms. The highest BCUT2D eigenvalue weighted by Gasteiger charge is 2.67. The number of rotatable bonds is 4. The Morgan fingerprint density at radius 2 is 2.14 bits per heavy atom. The van der Waals surface area contributed by atoms with Gasteiger partial charge in [0.25, 0.3) is 0 Å². The van der Waals surface area contributed by atoms with Crippen LogP contribution in [0.2, 0.25) is 0 Å². The van der Waals surface area contributed by atoms with Gasteiger partial charge in [0.15, 0.2) is 5.78 Å². The van der Waals surface area contributed by atoms with Crippen LogP contribution in [0.5, 0.6) is 0 Å². The average Bonchev–Trinajstić information content (AvgIpc) is 3.09. The van der Waals surface area contributed by atoms with Gasteiger partial charge in [-0.25, -0.2) is 4.79 Å². The van der Waals surface area contributed by atoms with Crippen LogP contribution in [0.15, 0.2) is 34.9 Å². The quantitative estimate of drug-likeness (QED) is 0.616. The number of carbonyl (C=O) groups is 2. The maximum absolute atomic E-state index is 11.8. The number of fused-ring (bicyclic) bond motifs is 1. The molecular weight excluding hydrogens is 268 g/mol. The van der Waals surface area contributed by atoms with E-state index in [1.165, 1.54) is 6.08 Å². The van der Waals surface area contributed by atoms with Gasteiger partial charge < -0.3 is 10.2 Å². The van der Waals surface area contributed by atoms with Gasteiger partial charge in [-0.05, 0) is 50.0 Å². The van der Waals surface area contributed by atoms with Crippen LogP contribution in [-0.4, -0.2) is 27.6 Å². The minimum absolute atomic E-state index is 0.0834. The summed E-state index contributed by atoms with van der Waals surface area (Å²) >= 11 is 0. The predicted octanol–water partition coefficient (Wildman–Crippen LogP) is 2.64. The summed E-state index contributed by atoms with van der Waals surface area (Å²) in [5.41, 5.74) is -0.0505. The Morgan fingerprint density at radius 1 is 1.52 bits per heavy atom. The number of hydrogen-bond donors (Lipinski definition) is 2. The van der Waals surface area contributed by atoms with E-state index in [0.717, 1.165) is 0 Å². The first-order valence-corrected chi connectivity index (χ1v) is 7.24. The number of allylic oxidation sites excluding steroid dienone is 3. The van der Waals surface area contributed by atoms with Crippen molar-refractivity contribution in [2.24, 2.45) is 11.3 Å². The summed E-state index contributed by atoms with van der Waals surface area (Å²) in [6.07, 6.45) is 5.93. The Kier molecular flexibility index (Phi) is 3.70. The lowest BCUT2D eigenvalue weighted by Gasteiger charge is -2.36. The van der Waals surface area contributed by atoms with Crippen molar-refractivity contribution in [3.8, 4) is 0 Å². The van der Waals surface area contributed by atoms with Crippen LogP contribution >= 0.6 is 0 Å². The molecule has 4 heteroatoms. The van der Waals surface area contributed by atoms with Gasteiger partial charge >= 0.3 is 5.97 Å². The van der Waals surface area contributed by atoms with E-state index >= 15 is 0 Å². The smallest absolute Gasteiger partial charge is 0.331 e. The second-order valence-electron chi connectivity index (χ2n) is 6.32. The molecule has 114 valence electrons. The second-order valence-corrected chi connectivity index (χ2v) is 6.32. The van der Waals surface area contributed by atoms with Crippen molar-refractivity contribution in [3.63, 3.8) is 0 Å². The van der Waals surface area contributed by atoms with E-state index in [2.05, 4.69) is 0 Å². The lowest BCUT2D eigenvalue weighted by molar-refractivity contribution is -0.132. The van der Waals surface area contributed by atoms with Crippen molar-refractivity contribution in [1.82, 2.24) is 0 Å². The zero-order valence-corrected chi connectivity index (χ0v) is 12.9. The molecule has 0 aromatic heterocycles. The summed E-state index contributed by atoms with van der Waals surface area (Å²) < 4.78 is 0. The maximum Gasteiger partial charge on any atom is 0.331 e. The fourth-order valence-corrected chi connectivity index (χ4v) is 3.34. The van der Waals surface area contributed by atoms with Crippen molar-refractivity contribution in [2.45, 2.75) is 46.1 Å². The minimum atomic E-state index is -1.18. The monoisotopic (exact) mass is 290 g/mol. The number of ketones is 1. The van der Waals surface area contributed by atoms with Gasteiger partial charge in [0.1, 0.15) is 5.60 Å². The summed E-state index contributed by atoms with van der Waals surface area (Å²) in [5.74, 6) is -0.974. The molecule has 2 aliphatic rings. The number of carbonyl (C=O) groups excluding carboxylic acids is 1. The van der Waals surface area contributed by atoms with Crippen LogP contribution in [0.4, 0.5) is 0 Å². The lowest BCUT2D eigenvalue weighted by atomic mass is 9.73. The van der Waals surface area contributed by atoms with Crippen LogP contribution in [-0.2, 0) is 9.59 Å². The zero-order chi connectivity index (χ0) is 16.0. The molecule has 0 saturated heterocycles. The average molecular weight is 290 g/mol. The summed E-state index contributed by atoms with van der Waals surface area (Å²) in [4.78, 5) is 23.0. The molecule has 2 N–H and O–H groups in total. The molecule has 0 radical (unpaired) electrons. The Bertz CT molecular complexity index is 596. The number of hydrogen-bond acceptors (Lipinski definition) is 3. The summed E-state index contributed by atoms with van der Waals surface area (Å²) in [7, 11) is 0. The van der Waals surface area contributed by atoms with Crippen molar-refractivity contribution in [2.75, 3.05) is 0 Å². The van der Waals surface area contributed by atoms with Crippen molar-refractivity contribution in [1.29, 1.82) is 0 Å². The largest absolute Gasteiger partial charge is 0.478 e. The van der Waals surface area contributed by atoms with Gasteiger partial charge in [0, 0.05) is 16.9 Å². The number of carboxylic acids is 1. The standard InChI is InChI=1S/C17H22O4/c1-5-12(15(19)20)10(2)6-7-17(21)11(3)8-14(18)13-9-16(13,17)4/h6-8,13,21H,5,9H2,1-4H3,(H,19,20). The molecule has 1 saturated carbocycles. The first-order chi connectivity index (χ1) is 9.67. The molecule has 2 aliphatic carbocycles. The van der Waals surface area contributed by atoms with Gasteiger partial charge in [-0.15, -0.1) is 0 Å². The molecule has 3 unspecified atom stereocenters. The van der Waals surface area contributed by atoms with Gasteiger partial charge in [0.05, 0.1) is 0 Å². The number of aliphatic hydroxyl groups is 1. The van der Waals surface area contributed by atoms with Gasteiger partial charge in [-0.1, -0.05) is 19.9 Å². The van der Waals surface area contributed by atoms with E-state index < -0.39 is 17.0 Å². The molecule has 0 aromatic carbocycles. The van der Waals surface area contributed by atoms with Crippen LogP contribution in [0.3, 0.4) is 0 Å². The van der Waals surface area contributed by atoms with Gasteiger partial charge in [-0.3, -0.25) is 4.79 Å². The molecule has 0 heterocycles. The highest BCUT2D eigenvalue weighted by Crippen LogP contribution is 2.64. The summed E-state index contributed by atoms with van der Waals surface area (Å²) in [5, 5.41) is 20.1. The Balaban J connectivity index is 2.38. The van der Waals surface area contributed by atoms with E-state index in [4.69, 9.17) is 5.11 Å². The maximum atomic E-state index is 11.8. The minimum Gasteiger partial charge on any atom is -0.478 e. The zero-order valence-electron chi connectivity index (χ0n) is 12.9. The second kappa shape index (κ2) is 4.95. The fourth-order valence-electron chi connectivity index (χ4n) is 3.34. The first-order valence-electron chi connectivity index (χ1n) is 7.24. The van der Waals surface area contributed by atoms with Crippen molar-refractivity contribution in [3.05, 3.63) is 34.9 Å². The van der Waals surface area contributed by atoms with Crippen molar-refractivity contribution >= 4 is 11.8 Å². The molecule has 4 nitrogen and oxygen atoms in total.